The zero-order valence-corrected chi connectivity index (χ0v) is 10.4. The van der Waals surface area contributed by atoms with Gasteiger partial charge in [0, 0.05) is 0 Å². The van der Waals surface area contributed by atoms with Crippen LogP contribution in [0.2, 0.25) is 0 Å². The maximum Gasteiger partial charge on any atom is 0.0838 e. The van der Waals surface area contributed by atoms with Crippen molar-refractivity contribution in [2.24, 2.45) is 5.92 Å². The molecule has 3 rings (SSSR count). The molecule has 1 unspecified atom stereocenters. The van der Waals surface area contributed by atoms with Gasteiger partial charge in [0.2, 0.25) is 0 Å². The van der Waals surface area contributed by atoms with E-state index in [0.717, 1.165) is 12.5 Å². The lowest BCUT2D eigenvalue weighted by atomic mass is 9.58. The molecule has 1 nitrogen and oxygen atoms in total. The highest BCUT2D eigenvalue weighted by Crippen LogP contribution is 2.52. The fraction of sp³-hybridized carbons (Fsp3) is 0.600. The van der Waals surface area contributed by atoms with E-state index in [-0.39, 0.29) is 0 Å². The lowest BCUT2D eigenvalue weighted by molar-refractivity contribution is 0.124. The molecule has 0 aromatic heterocycles. The second-order valence-corrected chi connectivity index (χ2v) is 5.92. The molecule has 0 amide bonds. The van der Waals surface area contributed by atoms with Crippen molar-refractivity contribution in [3.63, 3.8) is 0 Å². The third-order valence-corrected chi connectivity index (χ3v) is 4.35. The molecule has 0 spiro atoms. The van der Waals surface area contributed by atoms with Crippen LogP contribution in [-0.2, 0) is 10.2 Å². The molecule has 86 valence electrons. The van der Waals surface area contributed by atoms with Gasteiger partial charge in [-0.1, -0.05) is 30.7 Å². The SMILES string of the molecule is Cc1ccc(C)c(C2(C)CC(C3CO3)C2)c1. The van der Waals surface area contributed by atoms with Crippen LogP contribution in [-0.4, -0.2) is 12.7 Å². The van der Waals surface area contributed by atoms with Crippen LogP contribution in [0, 0.1) is 19.8 Å². The van der Waals surface area contributed by atoms with E-state index >= 15 is 0 Å². The molecule has 0 bridgehead atoms. The third kappa shape index (κ3) is 1.58. The Morgan fingerprint density at radius 2 is 1.94 bits per heavy atom. The summed E-state index contributed by atoms with van der Waals surface area (Å²) >= 11 is 0. The van der Waals surface area contributed by atoms with Crippen LogP contribution in [0.1, 0.15) is 36.5 Å². The molecule has 1 saturated carbocycles. The molecule has 1 aromatic rings. The number of epoxide rings is 1. The van der Waals surface area contributed by atoms with E-state index in [9.17, 15) is 0 Å². The monoisotopic (exact) mass is 216 g/mol. The number of hydrogen-bond acceptors (Lipinski definition) is 1. The van der Waals surface area contributed by atoms with Crippen molar-refractivity contribution in [3.05, 3.63) is 34.9 Å². The lowest BCUT2D eigenvalue weighted by Gasteiger charge is -2.46. The average molecular weight is 216 g/mol. The summed E-state index contributed by atoms with van der Waals surface area (Å²) in [6.07, 6.45) is 3.21. The number of rotatable bonds is 2. The van der Waals surface area contributed by atoms with Crippen molar-refractivity contribution in [2.45, 2.75) is 45.1 Å². The standard InChI is InChI=1S/C15H20O/c1-10-4-5-11(2)13(6-10)15(3)7-12(8-15)14-9-16-14/h4-6,12,14H,7-9H2,1-3H3. The topological polar surface area (TPSA) is 12.5 Å². The summed E-state index contributed by atoms with van der Waals surface area (Å²) < 4.78 is 5.40. The van der Waals surface area contributed by atoms with Gasteiger partial charge < -0.3 is 4.74 Å². The third-order valence-electron chi connectivity index (χ3n) is 4.35. The highest BCUT2D eigenvalue weighted by molar-refractivity contribution is 5.38. The number of ether oxygens (including phenoxy) is 1. The van der Waals surface area contributed by atoms with Crippen molar-refractivity contribution >= 4 is 0 Å². The summed E-state index contributed by atoms with van der Waals surface area (Å²) in [5.74, 6) is 0.824. The minimum Gasteiger partial charge on any atom is -0.373 e. The van der Waals surface area contributed by atoms with E-state index in [0.29, 0.717) is 11.5 Å². The number of benzene rings is 1. The molecule has 0 N–H and O–H groups in total. The van der Waals surface area contributed by atoms with Crippen LogP contribution in [0.25, 0.3) is 0 Å². The first-order chi connectivity index (χ1) is 7.58. The minimum atomic E-state index is 0.409. The van der Waals surface area contributed by atoms with Gasteiger partial charge in [0.15, 0.2) is 0 Å². The predicted molar refractivity (Wildman–Crippen MR) is 65.7 cm³/mol. The van der Waals surface area contributed by atoms with Gasteiger partial charge in [-0.3, -0.25) is 0 Å². The van der Waals surface area contributed by atoms with E-state index in [1.165, 1.54) is 24.0 Å². The molecule has 1 aliphatic heterocycles. The molecule has 2 aliphatic rings. The minimum absolute atomic E-state index is 0.409. The molecule has 16 heavy (non-hydrogen) atoms. The summed E-state index contributed by atoms with van der Waals surface area (Å²) in [6, 6.07) is 6.85. The largest absolute Gasteiger partial charge is 0.373 e. The molecule has 1 saturated heterocycles. The normalized spacial score (nSPS) is 36.9. The van der Waals surface area contributed by atoms with Crippen molar-refractivity contribution in [2.75, 3.05) is 6.61 Å². The van der Waals surface area contributed by atoms with Gasteiger partial charge in [-0.25, -0.2) is 0 Å². The van der Waals surface area contributed by atoms with E-state index in [1.54, 1.807) is 5.56 Å². The van der Waals surface area contributed by atoms with Crippen LogP contribution in [0.3, 0.4) is 0 Å². The molecule has 1 atom stereocenters. The molecule has 2 fully saturated rings. The molecule has 1 heteroatoms. The fourth-order valence-corrected chi connectivity index (χ4v) is 3.29. The molecule has 1 heterocycles. The smallest absolute Gasteiger partial charge is 0.0838 e. The van der Waals surface area contributed by atoms with Crippen molar-refractivity contribution in [1.82, 2.24) is 0 Å². The Balaban J connectivity index is 1.83. The molecule has 1 aromatic carbocycles. The highest BCUT2D eigenvalue weighted by Gasteiger charge is 2.49. The van der Waals surface area contributed by atoms with Gasteiger partial charge in [0.25, 0.3) is 0 Å². The van der Waals surface area contributed by atoms with Crippen LogP contribution >= 0.6 is 0 Å². The van der Waals surface area contributed by atoms with Gasteiger partial charge in [-0.05, 0) is 49.1 Å². The summed E-state index contributed by atoms with van der Waals surface area (Å²) in [7, 11) is 0. The van der Waals surface area contributed by atoms with Gasteiger partial charge in [0.05, 0.1) is 12.7 Å². The van der Waals surface area contributed by atoms with Crippen molar-refractivity contribution in [1.29, 1.82) is 0 Å². The summed E-state index contributed by atoms with van der Waals surface area (Å²) in [6.45, 7) is 7.84. The van der Waals surface area contributed by atoms with E-state index < -0.39 is 0 Å². The van der Waals surface area contributed by atoms with Crippen molar-refractivity contribution in [3.8, 4) is 0 Å². The molecular weight excluding hydrogens is 196 g/mol. The summed E-state index contributed by atoms with van der Waals surface area (Å²) in [5.41, 5.74) is 4.80. The first kappa shape index (κ1) is 10.3. The zero-order chi connectivity index (χ0) is 11.3. The Bertz CT molecular complexity index is 411. The van der Waals surface area contributed by atoms with Crippen molar-refractivity contribution < 1.29 is 4.74 Å². The maximum atomic E-state index is 5.40. The van der Waals surface area contributed by atoms with Gasteiger partial charge >= 0.3 is 0 Å². The van der Waals surface area contributed by atoms with E-state index in [4.69, 9.17) is 4.74 Å². The van der Waals surface area contributed by atoms with Gasteiger partial charge in [-0.15, -0.1) is 0 Å². The molecule has 1 aliphatic carbocycles. The highest BCUT2D eigenvalue weighted by atomic mass is 16.6. The van der Waals surface area contributed by atoms with Gasteiger partial charge in [0.1, 0.15) is 0 Å². The van der Waals surface area contributed by atoms with Crippen LogP contribution < -0.4 is 0 Å². The summed E-state index contributed by atoms with van der Waals surface area (Å²) in [4.78, 5) is 0. The quantitative estimate of drug-likeness (QED) is 0.690. The Hall–Kier alpha value is -0.820. The van der Waals surface area contributed by atoms with Crippen LogP contribution in [0.15, 0.2) is 18.2 Å². The number of hydrogen-bond donors (Lipinski definition) is 0. The van der Waals surface area contributed by atoms with Crippen LogP contribution in [0.5, 0.6) is 0 Å². The Kier molecular flexibility index (Phi) is 2.16. The lowest BCUT2D eigenvalue weighted by Crippen LogP contribution is -2.41. The average Bonchev–Trinajstić information content (AvgIpc) is 3.00. The molecule has 0 radical (unpaired) electrons. The first-order valence-corrected chi connectivity index (χ1v) is 6.28. The predicted octanol–water partition coefficient (Wildman–Crippen LogP) is 3.37. The second-order valence-electron chi connectivity index (χ2n) is 5.92. The number of aryl methyl sites for hydroxylation is 2. The fourth-order valence-electron chi connectivity index (χ4n) is 3.29. The second kappa shape index (κ2) is 3.33. The first-order valence-electron chi connectivity index (χ1n) is 6.28. The maximum absolute atomic E-state index is 5.40. The zero-order valence-electron chi connectivity index (χ0n) is 10.4. The molecular formula is C15H20O. The van der Waals surface area contributed by atoms with E-state index in [2.05, 4.69) is 39.0 Å². The van der Waals surface area contributed by atoms with Gasteiger partial charge in [-0.2, -0.15) is 0 Å². The Morgan fingerprint density at radius 1 is 1.25 bits per heavy atom. The Morgan fingerprint density at radius 3 is 2.56 bits per heavy atom. The Labute approximate surface area is 97.8 Å². The summed E-state index contributed by atoms with van der Waals surface area (Å²) in [5, 5.41) is 0. The van der Waals surface area contributed by atoms with E-state index in [1.807, 2.05) is 0 Å². The van der Waals surface area contributed by atoms with Crippen LogP contribution in [0.4, 0.5) is 0 Å².